The van der Waals surface area contributed by atoms with Crippen molar-refractivity contribution in [1.82, 2.24) is 4.90 Å². The van der Waals surface area contributed by atoms with E-state index in [4.69, 9.17) is 23.7 Å². The number of hydrogen-bond donors (Lipinski definition) is 0. The van der Waals surface area contributed by atoms with E-state index < -0.39 is 12.1 Å². The molecule has 2 aromatic carbocycles. The molecule has 3 rings (SSSR count). The molecule has 1 aliphatic heterocycles. The lowest BCUT2D eigenvalue weighted by Crippen LogP contribution is -2.42. The molecule has 2 aromatic rings. The number of amides is 1. The minimum Gasteiger partial charge on any atom is -0.490 e. The lowest BCUT2D eigenvalue weighted by atomic mass is 10.1. The smallest absolute Gasteiger partial charge is 0.490 e. The van der Waals surface area contributed by atoms with Crippen LogP contribution in [0.5, 0.6) is 17.2 Å². The second-order valence-electron chi connectivity index (χ2n) is 13.0. The second-order valence-corrected chi connectivity index (χ2v) is 13.0. The van der Waals surface area contributed by atoms with Gasteiger partial charge in [-0.1, -0.05) is 104 Å². The zero-order chi connectivity index (χ0) is 35.1. The van der Waals surface area contributed by atoms with Crippen molar-refractivity contribution in [2.45, 2.75) is 142 Å². The summed E-state index contributed by atoms with van der Waals surface area (Å²) in [6.07, 6.45) is 16.7. The number of piperidine rings is 1. The van der Waals surface area contributed by atoms with E-state index >= 15 is 0 Å². The molecule has 0 radical (unpaired) electrons. The Morgan fingerprint density at radius 3 is 1.94 bits per heavy atom. The fourth-order valence-corrected chi connectivity index (χ4v) is 5.94. The third-order valence-corrected chi connectivity index (χ3v) is 8.81. The molecule has 1 amide bonds. The van der Waals surface area contributed by atoms with E-state index in [0.29, 0.717) is 49.6 Å². The number of hydrogen-bond acceptors (Lipinski definition) is 8. The maximum Gasteiger partial charge on any atom is 0.514 e. The number of likely N-dealkylation sites (tertiary alicyclic amines) is 1. The molecular formula is C40H59NO8. The van der Waals surface area contributed by atoms with Gasteiger partial charge < -0.3 is 28.6 Å². The fraction of sp³-hybridized carbons (Fsp3) is 0.625. The summed E-state index contributed by atoms with van der Waals surface area (Å²) in [5.74, 6) is 0.576. The van der Waals surface area contributed by atoms with Crippen LogP contribution in [0.1, 0.15) is 140 Å². The zero-order valence-electron chi connectivity index (χ0n) is 30.1. The molecule has 1 atom stereocenters. The van der Waals surface area contributed by atoms with Crippen molar-refractivity contribution in [3.05, 3.63) is 54.1 Å². The molecule has 0 saturated carbocycles. The van der Waals surface area contributed by atoms with Gasteiger partial charge in [-0.05, 0) is 62.1 Å². The standard InChI is InChI=1S/C40H59NO8/c1-4-7-9-11-12-13-14-18-31-45-39(43)41-29-27-35(28-30-41)49-40(44)48-34-25-23-33(24-26-34)47-38(42)36-21-16-17-22-37(36)46-32(19-6-3)20-15-10-8-5-2/h16-17,21-26,32,35H,4-15,18-20,27-31H2,1-3H3. The van der Waals surface area contributed by atoms with E-state index in [2.05, 4.69) is 20.8 Å². The molecule has 9 nitrogen and oxygen atoms in total. The summed E-state index contributed by atoms with van der Waals surface area (Å²) in [6, 6.07) is 13.4. The fourth-order valence-electron chi connectivity index (χ4n) is 5.94. The van der Waals surface area contributed by atoms with Gasteiger partial charge >= 0.3 is 18.2 Å². The highest BCUT2D eigenvalue weighted by atomic mass is 16.7. The minimum atomic E-state index is -0.817. The molecular weight excluding hydrogens is 622 g/mol. The summed E-state index contributed by atoms with van der Waals surface area (Å²) in [5, 5.41) is 0. The van der Waals surface area contributed by atoms with Crippen molar-refractivity contribution < 1.29 is 38.1 Å². The second kappa shape index (κ2) is 23.6. The van der Waals surface area contributed by atoms with Gasteiger partial charge in [-0.2, -0.15) is 0 Å². The maximum absolute atomic E-state index is 13.1. The molecule has 1 unspecified atom stereocenters. The summed E-state index contributed by atoms with van der Waals surface area (Å²) in [6.45, 7) is 7.91. The monoisotopic (exact) mass is 681 g/mol. The number of rotatable bonds is 22. The number of esters is 1. The average molecular weight is 682 g/mol. The van der Waals surface area contributed by atoms with Gasteiger partial charge in [-0.3, -0.25) is 0 Å². The van der Waals surface area contributed by atoms with Crippen LogP contribution in [0.2, 0.25) is 0 Å². The maximum atomic E-state index is 13.1. The lowest BCUT2D eigenvalue weighted by Gasteiger charge is -2.30. The molecule has 0 bridgehead atoms. The highest BCUT2D eigenvalue weighted by Gasteiger charge is 2.27. The van der Waals surface area contributed by atoms with Crippen molar-refractivity contribution in [3.8, 4) is 17.2 Å². The van der Waals surface area contributed by atoms with Crippen LogP contribution in [-0.2, 0) is 9.47 Å². The first-order valence-corrected chi connectivity index (χ1v) is 18.8. The molecule has 9 heteroatoms. The molecule has 1 heterocycles. The normalized spacial score (nSPS) is 13.8. The summed E-state index contributed by atoms with van der Waals surface area (Å²) in [7, 11) is 0. The summed E-state index contributed by atoms with van der Waals surface area (Å²) >= 11 is 0. The van der Waals surface area contributed by atoms with Crippen LogP contribution in [0.15, 0.2) is 48.5 Å². The van der Waals surface area contributed by atoms with Crippen molar-refractivity contribution in [1.29, 1.82) is 0 Å². The predicted octanol–water partition coefficient (Wildman–Crippen LogP) is 10.7. The van der Waals surface area contributed by atoms with Gasteiger partial charge in [-0.25, -0.2) is 14.4 Å². The lowest BCUT2D eigenvalue weighted by molar-refractivity contribution is 0.0217. The van der Waals surface area contributed by atoms with Crippen molar-refractivity contribution >= 4 is 18.2 Å². The van der Waals surface area contributed by atoms with Crippen LogP contribution >= 0.6 is 0 Å². The van der Waals surface area contributed by atoms with Crippen molar-refractivity contribution in [2.75, 3.05) is 19.7 Å². The van der Waals surface area contributed by atoms with Crippen LogP contribution in [0.25, 0.3) is 0 Å². The molecule has 0 aliphatic carbocycles. The molecule has 0 spiro atoms. The number of carbonyl (C=O) groups excluding carboxylic acids is 3. The Hall–Kier alpha value is -3.75. The first-order chi connectivity index (χ1) is 23.9. The van der Waals surface area contributed by atoms with E-state index in [1.165, 1.54) is 57.8 Å². The van der Waals surface area contributed by atoms with Gasteiger partial charge in [0.15, 0.2) is 0 Å². The molecule has 0 N–H and O–H groups in total. The molecule has 49 heavy (non-hydrogen) atoms. The average Bonchev–Trinajstić information content (AvgIpc) is 3.10. The van der Waals surface area contributed by atoms with E-state index in [0.717, 1.165) is 38.5 Å². The number of carbonyl (C=O) groups is 3. The number of benzene rings is 2. The van der Waals surface area contributed by atoms with Gasteiger partial charge in [0.2, 0.25) is 0 Å². The topological polar surface area (TPSA) is 101 Å². The Labute approximate surface area is 294 Å². The molecule has 1 saturated heterocycles. The minimum absolute atomic E-state index is 0.0467. The Bertz CT molecular complexity index is 1230. The predicted molar refractivity (Wildman–Crippen MR) is 192 cm³/mol. The number of nitrogens with zero attached hydrogens (tertiary/aromatic N) is 1. The third-order valence-electron chi connectivity index (χ3n) is 8.81. The summed E-state index contributed by atoms with van der Waals surface area (Å²) in [5.41, 5.74) is 0.365. The Balaban J connectivity index is 1.37. The third kappa shape index (κ3) is 15.6. The number of para-hydroxylation sites is 1. The van der Waals surface area contributed by atoms with Gasteiger partial charge in [0.1, 0.15) is 28.9 Å². The van der Waals surface area contributed by atoms with Crippen LogP contribution in [-0.4, -0.2) is 55.0 Å². The van der Waals surface area contributed by atoms with E-state index in [1.807, 2.05) is 12.1 Å². The first-order valence-electron chi connectivity index (χ1n) is 18.8. The largest absolute Gasteiger partial charge is 0.514 e. The number of unbranched alkanes of at least 4 members (excludes halogenated alkanes) is 10. The Kier molecular flexibility index (Phi) is 19.1. The van der Waals surface area contributed by atoms with Crippen LogP contribution in [0, 0.1) is 0 Å². The zero-order valence-corrected chi connectivity index (χ0v) is 30.1. The Morgan fingerprint density at radius 1 is 0.694 bits per heavy atom. The molecule has 0 aromatic heterocycles. The van der Waals surface area contributed by atoms with E-state index in [1.54, 1.807) is 41.3 Å². The van der Waals surface area contributed by atoms with Gasteiger partial charge in [0.05, 0.1) is 12.7 Å². The highest BCUT2D eigenvalue weighted by molar-refractivity contribution is 5.94. The van der Waals surface area contributed by atoms with Crippen molar-refractivity contribution in [3.63, 3.8) is 0 Å². The quantitative estimate of drug-likeness (QED) is 0.0524. The SMILES string of the molecule is CCCCCCCCCCOC(=O)N1CCC(OC(=O)Oc2ccc(OC(=O)c3ccccc3OC(CCC)CCCCCC)cc2)CC1. The van der Waals surface area contributed by atoms with Crippen LogP contribution < -0.4 is 14.2 Å². The van der Waals surface area contributed by atoms with Crippen LogP contribution in [0.3, 0.4) is 0 Å². The van der Waals surface area contributed by atoms with Crippen LogP contribution in [0.4, 0.5) is 9.59 Å². The Morgan fingerprint density at radius 2 is 1.29 bits per heavy atom. The van der Waals surface area contributed by atoms with E-state index in [9.17, 15) is 14.4 Å². The molecule has 1 aliphatic rings. The molecule has 1 fully saturated rings. The number of ether oxygens (including phenoxy) is 5. The van der Waals surface area contributed by atoms with Gasteiger partial charge in [0.25, 0.3) is 0 Å². The van der Waals surface area contributed by atoms with Crippen molar-refractivity contribution in [2.24, 2.45) is 0 Å². The summed E-state index contributed by atoms with van der Waals surface area (Å²) in [4.78, 5) is 39.7. The first kappa shape index (κ1) is 39.7. The summed E-state index contributed by atoms with van der Waals surface area (Å²) < 4.78 is 28.2. The van der Waals surface area contributed by atoms with Gasteiger partial charge in [-0.15, -0.1) is 0 Å². The van der Waals surface area contributed by atoms with Gasteiger partial charge in [0, 0.05) is 25.9 Å². The molecule has 272 valence electrons. The van der Waals surface area contributed by atoms with E-state index in [-0.39, 0.29) is 24.1 Å². The highest BCUT2D eigenvalue weighted by Crippen LogP contribution is 2.26.